The van der Waals surface area contributed by atoms with Gasteiger partial charge in [0.2, 0.25) is 0 Å². The number of esters is 1. The van der Waals surface area contributed by atoms with Gasteiger partial charge in [0.25, 0.3) is 0 Å². The molecular formula is C9H14N2O2S. The van der Waals surface area contributed by atoms with Gasteiger partial charge < -0.3 is 10.5 Å². The lowest BCUT2D eigenvalue weighted by Crippen LogP contribution is -2.38. The number of methoxy groups -OCH3 is 1. The molecule has 1 aromatic heterocycles. The molecule has 0 fully saturated rings. The smallest absolute Gasteiger partial charge is 0.313 e. The monoisotopic (exact) mass is 214 g/mol. The van der Waals surface area contributed by atoms with E-state index < -0.39 is 5.41 Å². The van der Waals surface area contributed by atoms with E-state index in [-0.39, 0.29) is 12.5 Å². The van der Waals surface area contributed by atoms with Gasteiger partial charge in [0.05, 0.1) is 23.7 Å². The number of carbonyl (C=O) groups excluding carboxylic acids is 1. The Hall–Kier alpha value is -0.940. The van der Waals surface area contributed by atoms with Crippen LogP contribution < -0.4 is 5.73 Å². The SMILES string of the molecule is COC(=O)C(C)(CN)Cc1cscn1. The molecule has 0 aromatic carbocycles. The predicted molar refractivity (Wildman–Crippen MR) is 55.0 cm³/mol. The third-order valence-corrected chi connectivity index (χ3v) is 2.82. The highest BCUT2D eigenvalue weighted by molar-refractivity contribution is 7.07. The van der Waals surface area contributed by atoms with Crippen LogP contribution in [0.2, 0.25) is 0 Å². The van der Waals surface area contributed by atoms with E-state index in [4.69, 9.17) is 10.5 Å². The lowest BCUT2D eigenvalue weighted by molar-refractivity contribution is -0.151. The third-order valence-electron chi connectivity index (χ3n) is 2.18. The van der Waals surface area contributed by atoms with Crippen molar-refractivity contribution in [3.63, 3.8) is 0 Å². The molecule has 0 spiro atoms. The second-order valence-corrected chi connectivity index (χ2v) is 4.13. The molecule has 0 amide bonds. The maximum absolute atomic E-state index is 11.5. The first-order valence-electron chi connectivity index (χ1n) is 4.28. The topological polar surface area (TPSA) is 65.2 Å². The van der Waals surface area contributed by atoms with E-state index in [9.17, 15) is 4.79 Å². The highest BCUT2D eigenvalue weighted by Crippen LogP contribution is 2.22. The molecule has 4 nitrogen and oxygen atoms in total. The maximum Gasteiger partial charge on any atom is 0.313 e. The van der Waals surface area contributed by atoms with E-state index in [0.717, 1.165) is 5.69 Å². The summed E-state index contributed by atoms with van der Waals surface area (Å²) >= 11 is 1.51. The van der Waals surface area contributed by atoms with Crippen molar-refractivity contribution >= 4 is 17.3 Å². The van der Waals surface area contributed by atoms with Crippen molar-refractivity contribution in [3.8, 4) is 0 Å². The number of thiazole rings is 1. The van der Waals surface area contributed by atoms with Crippen molar-refractivity contribution in [1.82, 2.24) is 4.98 Å². The minimum absolute atomic E-state index is 0.261. The van der Waals surface area contributed by atoms with E-state index in [1.54, 1.807) is 12.4 Å². The van der Waals surface area contributed by atoms with Crippen LogP contribution in [-0.4, -0.2) is 24.6 Å². The van der Waals surface area contributed by atoms with Crippen LogP contribution in [0.25, 0.3) is 0 Å². The summed E-state index contributed by atoms with van der Waals surface area (Å²) in [5.74, 6) is -0.284. The molecule has 0 saturated heterocycles. The van der Waals surface area contributed by atoms with Crippen LogP contribution in [0.5, 0.6) is 0 Å². The number of ether oxygens (including phenoxy) is 1. The van der Waals surface area contributed by atoms with Gasteiger partial charge in [0.1, 0.15) is 0 Å². The zero-order valence-electron chi connectivity index (χ0n) is 8.32. The zero-order chi connectivity index (χ0) is 10.6. The summed E-state index contributed by atoms with van der Waals surface area (Å²) in [6.07, 6.45) is 0.527. The number of hydrogen-bond acceptors (Lipinski definition) is 5. The molecule has 0 aliphatic carbocycles. The second-order valence-electron chi connectivity index (χ2n) is 3.41. The fourth-order valence-electron chi connectivity index (χ4n) is 1.20. The van der Waals surface area contributed by atoms with Crippen molar-refractivity contribution < 1.29 is 9.53 Å². The molecule has 1 rings (SSSR count). The Bertz CT molecular complexity index is 300. The van der Waals surface area contributed by atoms with E-state index in [1.807, 2.05) is 5.38 Å². The summed E-state index contributed by atoms with van der Waals surface area (Å²) in [7, 11) is 1.37. The molecule has 14 heavy (non-hydrogen) atoms. The van der Waals surface area contributed by atoms with Gasteiger partial charge in [-0.15, -0.1) is 11.3 Å². The van der Waals surface area contributed by atoms with Crippen molar-refractivity contribution in [3.05, 3.63) is 16.6 Å². The van der Waals surface area contributed by atoms with E-state index >= 15 is 0 Å². The molecule has 0 bridgehead atoms. The Kier molecular flexibility index (Phi) is 3.60. The van der Waals surface area contributed by atoms with Gasteiger partial charge in [-0.2, -0.15) is 0 Å². The summed E-state index contributed by atoms with van der Waals surface area (Å²) in [6.45, 7) is 2.05. The predicted octanol–water partition coefficient (Wildman–Crippen LogP) is 0.824. The number of aromatic nitrogens is 1. The maximum atomic E-state index is 11.5. The first-order chi connectivity index (χ1) is 6.62. The van der Waals surface area contributed by atoms with Gasteiger partial charge in [-0.3, -0.25) is 4.79 Å². The summed E-state index contributed by atoms with van der Waals surface area (Å²) in [5.41, 5.74) is 7.53. The molecule has 0 aliphatic heterocycles. The van der Waals surface area contributed by atoms with Crippen LogP contribution in [0, 0.1) is 5.41 Å². The molecule has 1 aromatic rings. The highest BCUT2D eigenvalue weighted by atomic mass is 32.1. The van der Waals surface area contributed by atoms with Crippen molar-refractivity contribution in [2.24, 2.45) is 11.1 Å². The van der Waals surface area contributed by atoms with Gasteiger partial charge in [0, 0.05) is 18.3 Å². The Morgan fingerprint density at radius 1 is 1.79 bits per heavy atom. The number of rotatable bonds is 4. The minimum Gasteiger partial charge on any atom is -0.469 e. The lowest BCUT2D eigenvalue weighted by Gasteiger charge is -2.23. The van der Waals surface area contributed by atoms with Crippen LogP contribution in [0.15, 0.2) is 10.9 Å². The van der Waals surface area contributed by atoms with Gasteiger partial charge in [0.15, 0.2) is 0 Å². The molecule has 0 aliphatic rings. The molecule has 78 valence electrons. The molecule has 5 heteroatoms. The first-order valence-corrected chi connectivity index (χ1v) is 5.22. The summed E-state index contributed by atoms with van der Waals surface area (Å²) < 4.78 is 4.71. The fraction of sp³-hybridized carbons (Fsp3) is 0.556. The molecule has 0 saturated carbocycles. The Labute approximate surface area is 87.1 Å². The van der Waals surface area contributed by atoms with Crippen LogP contribution in [0.3, 0.4) is 0 Å². The summed E-state index contributed by atoms with van der Waals surface area (Å²) in [6, 6.07) is 0. The minimum atomic E-state index is -0.664. The van der Waals surface area contributed by atoms with Gasteiger partial charge in [-0.05, 0) is 6.92 Å². The molecule has 1 atom stereocenters. The van der Waals surface area contributed by atoms with Gasteiger partial charge >= 0.3 is 5.97 Å². The van der Waals surface area contributed by atoms with E-state index in [1.165, 1.54) is 18.4 Å². The molecule has 2 N–H and O–H groups in total. The third kappa shape index (κ3) is 2.30. The fourth-order valence-corrected chi connectivity index (χ4v) is 1.76. The quantitative estimate of drug-likeness (QED) is 0.754. The van der Waals surface area contributed by atoms with E-state index in [2.05, 4.69) is 4.98 Å². The average molecular weight is 214 g/mol. The van der Waals surface area contributed by atoms with Crippen LogP contribution in [-0.2, 0) is 16.0 Å². The molecule has 0 radical (unpaired) electrons. The number of nitrogens with two attached hydrogens (primary N) is 1. The number of hydrogen-bond donors (Lipinski definition) is 1. The van der Waals surface area contributed by atoms with Crippen molar-refractivity contribution in [1.29, 1.82) is 0 Å². The Morgan fingerprint density at radius 2 is 2.50 bits per heavy atom. The number of nitrogens with zero attached hydrogens (tertiary/aromatic N) is 1. The standard InChI is InChI=1S/C9H14N2O2S/c1-9(5-10,8(12)13-2)3-7-4-14-6-11-7/h4,6H,3,5,10H2,1-2H3. The van der Waals surface area contributed by atoms with Crippen molar-refractivity contribution in [2.45, 2.75) is 13.3 Å². The normalized spacial score (nSPS) is 14.8. The Morgan fingerprint density at radius 3 is 2.93 bits per heavy atom. The largest absolute Gasteiger partial charge is 0.469 e. The highest BCUT2D eigenvalue weighted by Gasteiger charge is 2.33. The van der Waals surface area contributed by atoms with E-state index in [0.29, 0.717) is 6.42 Å². The summed E-state index contributed by atoms with van der Waals surface area (Å²) in [5, 5.41) is 1.91. The number of carbonyl (C=O) groups is 1. The van der Waals surface area contributed by atoms with Gasteiger partial charge in [-0.1, -0.05) is 0 Å². The first kappa shape index (κ1) is 11.1. The average Bonchev–Trinajstić information content (AvgIpc) is 2.68. The van der Waals surface area contributed by atoms with Crippen LogP contribution in [0.1, 0.15) is 12.6 Å². The second kappa shape index (κ2) is 4.52. The Balaban J connectivity index is 2.76. The molecule has 1 heterocycles. The van der Waals surface area contributed by atoms with Crippen LogP contribution >= 0.6 is 11.3 Å². The van der Waals surface area contributed by atoms with Gasteiger partial charge in [-0.25, -0.2) is 4.98 Å². The summed E-state index contributed by atoms with van der Waals surface area (Å²) in [4.78, 5) is 15.6. The molecular weight excluding hydrogens is 200 g/mol. The van der Waals surface area contributed by atoms with Crippen molar-refractivity contribution in [2.75, 3.05) is 13.7 Å². The molecule has 1 unspecified atom stereocenters. The zero-order valence-corrected chi connectivity index (χ0v) is 9.13. The lowest BCUT2D eigenvalue weighted by atomic mass is 9.86. The van der Waals surface area contributed by atoms with Crippen LogP contribution in [0.4, 0.5) is 0 Å².